The number of aromatic amines is 1. The van der Waals surface area contributed by atoms with Crippen molar-refractivity contribution in [3.8, 4) is 11.4 Å². The lowest BCUT2D eigenvalue weighted by Crippen LogP contribution is -2.39. The summed E-state index contributed by atoms with van der Waals surface area (Å²) in [5, 5.41) is 14.9. The van der Waals surface area contributed by atoms with Gasteiger partial charge in [-0.05, 0) is 48.5 Å². The Kier molecular flexibility index (Phi) is 4.73. The number of hydrogen-bond donors (Lipinski definition) is 3. The minimum atomic E-state index is -0.824. The van der Waals surface area contributed by atoms with E-state index < -0.39 is 23.7 Å². The molecular weight excluding hydrogens is 377 g/mol. The number of H-pyrrole nitrogens is 1. The molecule has 0 fully saturated rings. The van der Waals surface area contributed by atoms with Crippen molar-refractivity contribution in [2.45, 2.75) is 12.5 Å². The van der Waals surface area contributed by atoms with E-state index in [1.807, 2.05) is 0 Å². The molecule has 4 N–H and O–H groups in total. The largest absolute Gasteiger partial charge is 0.368 e. The summed E-state index contributed by atoms with van der Waals surface area (Å²) in [7, 11) is 0. The molecule has 9 nitrogen and oxygen atoms in total. The third-order valence-corrected chi connectivity index (χ3v) is 4.42. The summed E-state index contributed by atoms with van der Waals surface area (Å²) in [6.45, 7) is 0. The average molecular weight is 393 g/mol. The van der Waals surface area contributed by atoms with Crippen LogP contribution in [0.3, 0.4) is 0 Å². The highest BCUT2D eigenvalue weighted by Gasteiger charge is 2.35. The Morgan fingerprint density at radius 1 is 1.14 bits per heavy atom. The molecule has 0 radical (unpaired) electrons. The van der Waals surface area contributed by atoms with Gasteiger partial charge in [0.05, 0.1) is 5.69 Å². The Hall–Kier alpha value is -4.08. The number of halogens is 1. The Morgan fingerprint density at radius 3 is 2.48 bits per heavy atom. The molecule has 29 heavy (non-hydrogen) atoms. The molecule has 0 saturated heterocycles. The van der Waals surface area contributed by atoms with Crippen LogP contribution in [0.1, 0.15) is 6.42 Å². The van der Waals surface area contributed by atoms with Gasteiger partial charge in [-0.1, -0.05) is 0 Å². The van der Waals surface area contributed by atoms with E-state index in [2.05, 4.69) is 25.6 Å². The highest BCUT2D eigenvalue weighted by molar-refractivity contribution is 6.44. The van der Waals surface area contributed by atoms with E-state index in [0.717, 1.165) is 5.56 Å². The lowest BCUT2D eigenvalue weighted by molar-refractivity contribution is -0.119. The zero-order valence-corrected chi connectivity index (χ0v) is 15.0. The SMILES string of the molecule is NC(=O)[C@H]1CC(C(=O)Nc2ccc(-c3ncn[nH]3)cc2)=NN1c1ccc(F)cc1. The van der Waals surface area contributed by atoms with E-state index >= 15 is 0 Å². The lowest BCUT2D eigenvalue weighted by Gasteiger charge is -2.20. The maximum absolute atomic E-state index is 13.2. The Balaban J connectivity index is 1.51. The van der Waals surface area contributed by atoms with Gasteiger partial charge in [0.1, 0.15) is 23.9 Å². The second-order valence-electron chi connectivity index (χ2n) is 6.36. The van der Waals surface area contributed by atoms with E-state index in [-0.39, 0.29) is 12.1 Å². The van der Waals surface area contributed by atoms with Gasteiger partial charge < -0.3 is 11.1 Å². The highest BCUT2D eigenvalue weighted by Crippen LogP contribution is 2.25. The van der Waals surface area contributed by atoms with E-state index in [1.54, 1.807) is 24.3 Å². The van der Waals surface area contributed by atoms with Crippen LogP contribution in [0.15, 0.2) is 60.0 Å². The summed E-state index contributed by atoms with van der Waals surface area (Å²) >= 11 is 0. The van der Waals surface area contributed by atoms with Gasteiger partial charge in [0.15, 0.2) is 5.82 Å². The van der Waals surface area contributed by atoms with Crippen LogP contribution >= 0.6 is 0 Å². The van der Waals surface area contributed by atoms with Gasteiger partial charge in [0, 0.05) is 17.7 Å². The van der Waals surface area contributed by atoms with Crippen LogP contribution in [-0.4, -0.2) is 38.7 Å². The number of hydrazone groups is 1. The molecule has 3 aromatic rings. The number of nitrogens with one attached hydrogen (secondary N) is 2. The number of amides is 2. The summed E-state index contributed by atoms with van der Waals surface area (Å²) in [6, 6.07) is 11.6. The summed E-state index contributed by atoms with van der Waals surface area (Å²) in [4.78, 5) is 28.5. The van der Waals surface area contributed by atoms with E-state index in [4.69, 9.17) is 5.73 Å². The van der Waals surface area contributed by atoms with Gasteiger partial charge >= 0.3 is 0 Å². The van der Waals surface area contributed by atoms with Crippen molar-refractivity contribution >= 4 is 28.9 Å². The molecule has 4 rings (SSSR count). The minimum Gasteiger partial charge on any atom is -0.368 e. The third-order valence-electron chi connectivity index (χ3n) is 4.42. The van der Waals surface area contributed by atoms with Gasteiger partial charge in [-0.2, -0.15) is 10.2 Å². The fraction of sp³-hybridized carbons (Fsp3) is 0.105. The zero-order valence-electron chi connectivity index (χ0n) is 15.0. The molecular formula is C19H16FN7O2. The number of carbonyl (C=O) groups excluding carboxylic acids is 2. The van der Waals surface area contributed by atoms with Crippen molar-refractivity contribution in [2.24, 2.45) is 10.8 Å². The Morgan fingerprint density at radius 2 is 1.86 bits per heavy atom. The van der Waals surface area contributed by atoms with Crippen LogP contribution < -0.4 is 16.1 Å². The number of rotatable bonds is 5. The first-order valence-electron chi connectivity index (χ1n) is 8.70. The smallest absolute Gasteiger partial charge is 0.271 e. The van der Waals surface area contributed by atoms with Crippen LogP contribution in [-0.2, 0) is 9.59 Å². The number of nitrogens with zero attached hydrogens (tertiary/aromatic N) is 4. The number of hydrogen-bond acceptors (Lipinski definition) is 6. The van der Waals surface area contributed by atoms with E-state index in [0.29, 0.717) is 17.2 Å². The first kappa shape index (κ1) is 18.3. The standard InChI is InChI=1S/C19H16FN7O2/c20-12-3-7-14(8-4-12)27-16(17(21)28)9-15(26-27)19(29)24-13-5-1-11(2-6-13)18-22-10-23-25-18/h1-8,10,16H,9H2,(H2,21,28)(H,24,29)(H,22,23,25)/t16-/m1/s1. The lowest BCUT2D eigenvalue weighted by atomic mass is 10.1. The van der Waals surface area contributed by atoms with Crippen LogP contribution in [0.25, 0.3) is 11.4 Å². The maximum Gasteiger partial charge on any atom is 0.271 e. The number of nitrogens with two attached hydrogens (primary N) is 1. The molecule has 1 aliphatic heterocycles. The van der Waals surface area contributed by atoms with Gasteiger partial charge in [-0.15, -0.1) is 0 Å². The number of aromatic nitrogens is 3. The first-order chi connectivity index (χ1) is 14.0. The Labute approximate surface area is 164 Å². The van der Waals surface area contributed by atoms with Gasteiger partial charge in [-0.3, -0.25) is 19.7 Å². The average Bonchev–Trinajstić information content (AvgIpc) is 3.39. The molecule has 10 heteroatoms. The molecule has 0 bridgehead atoms. The van der Waals surface area contributed by atoms with Crippen LogP contribution in [0, 0.1) is 5.82 Å². The molecule has 2 heterocycles. The molecule has 0 aliphatic carbocycles. The normalized spacial score (nSPS) is 15.8. The Bertz CT molecular complexity index is 1060. The molecule has 1 aliphatic rings. The van der Waals surface area contributed by atoms with Crippen LogP contribution in [0.4, 0.5) is 15.8 Å². The fourth-order valence-corrected chi connectivity index (χ4v) is 2.96. The third kappa shape index (κ3) is 3.81. The predicted molar refractivity (Wildman–Crippen MR) is 104 cm³/mol. The summed E-state index contributed by atoms with van der Waals surface area (Å²) in [5.74, 6) is -0.882. The van der Waals surface area contributed by atoms with Crippen LogP contribution in [0.5, 0.6) is 0 Å². The van der Waals surface area contributed by atoms with Gasteiger partial charge in [-0.25, -0.2) is 9.37 Å². The zero-order chi connectivity index (χ0) is 20.4. The molecule has 2 aromatic carbocycles. The summed E-state index contributed by atoms with van der Waals surface area (Å²) < 4.78 is 13.2. The van der Waals surface area contributed by atoms with Crippen molar-refractivity contribution < 1.29 is 14.0 Å². The second-order valence-corrected chi connectivity index (χ2v) is 6.36. The summed E-state index contributed by atoms with van der Waals surface area (Å²) in [6.07, 6.45) is 1.46. The fourth-order valence-electron chi connectivity index (χ4n) is 2.96. The molecule has 1 atom stereocenters. The monoisotopic (exact) mass is 393 g/mol. The minimum absolute atomic E-state index is 0.0503. The molecule has 0 spiro atoms. The highest BCUT2D eigenvalue weighted by atomic mass is 19.1. The molecule has 2 amide bonds. The van der Waals surface area contributed by atoms with Crippen molar-refractivity contribution in [1.29, 1.82) is 0 Å². The number of primary amides is 1. The van der Waals surface area contributed by atoms with Gasteiger partial charge in [0.25, 0.3) is 5.91 Å². The first-order valence-corrected chi connectivity index (χ1v) is 8.70. The van der Waals surface area contributed by atoms with Crippen molar-refractivity contribution in [3.05, 3.63) is 60.7 Å². The topological polar surface area (TPSA) is 129 Å². The van der Waals surface area contributed by atoms with Crippen molar-refractivity contribution in [2.75, 3.05) is 10.3 Å². The molecule has 1 aromatic heterocycles. The van der Waals surface area contributed by atoms with Crippen molar-refractivity contribution in [3.63, 3.8) is 0 Å². The second kappa shape index (κ2) is 7.50. The van der Waals surface area contributed by atoms with E-state index in [1.165, 1.54) is 35.6 Å². The maximum atomic E-state index is 13.2. The number of benzene rings is 2. The predicted octanol–water partition coefficient (Wildman–Crippen LogP) is 1.67. The summed E-state index contributed by atoms with van der Waals surface area (Å²) in [5.41, 5.74) is 7.44. The number of anilines is 2. The van der Waals surface area contributed by atoms with Crippen LogP contribution in [0.2, 0.25) is 0 Å². The molecule has 0 unspecified atom stereocenters. The number of carbonyl (C=O) groups is 2. The quantitative estimate of drug-likeness (QED) is 0.607. The van der Waals surface area contributed by atoms with Crippen molar-refractivity contribution in [1.82, 2.24) is 15.2 Å². The van der Waals surface area contributed by atoms with Gasteiger partial charge in [0.2, 0.25) is 5.91 Å². The molecule has 146 valence electrons. The van der Waals surface area contributed by atoms with E-state index in [9.17, 15) is 14.0 Å². The molecule has 0 saturated carbocycles.